The largest absolute Gasteiger partial charge is 0.368 e. The van der Waals surface area contributed by atoms with E-state index in [1.54, 1.807) is 22.8 Å². The highest BCUT2D eigenvalue weighted by Crippen LogP contribution is 2.35. The van der Waals surface area contributed by atoms with Crippen molar-refractivity contribution < 1.29 is 0 Å². The van der Waals surface area contributed by atoms with Gasteiger partial charge in [-0.15, -0.1) is 5.10 Å². The van der Waals surface area contributed by atoms with Crippen LogP contribution in [0, 0.1) is 11.3 Å². The van der Waals surface area contributed by atoms with E-state index in [0.29, 0.717) is 35.7 Å². The summed E-state index contributed by atoms with van der Waals surface area (Å²) in [5, 5.41) is 24.4. The van der Waals surface area contributed by atoms with Crippen molar-refractivity contribution in [2.45, 2.75) is 19.9 Å². The van der Waals surface area contributed by atoms with E-state index in [2.05, 4.69) is 17.2 Å². The molecule has 0 bridgehead atoms. The van der Waals surface area contributed by atoms with Gasteiger partial charge in [-0.05, 0) is 31.2 Å². The van der Waals surface area contributed by atoms with Gasteiger partial charge in [0.15, 0.2) is 11.5 Å². The molecule has 176 valence electrons. The zero-order valence-electron chi connectivity index (χ0n) is 19.8. The number of nitriles is 1. The van der Waals surface area contributed by atoms with Crippen LogP contribution in [0.15, 0.2) is 60.8 Å². The van der Waals surface area contributed by atoms with Crippen LogP contribution in [0.3, 0.4) is 0 Å². The summed E-state index contributed by atoms with van der Waals surface area (Å²) in [6.07, 6.45) is 2.19. The molecule has 10 nitrogen and oxygen atoms in total. The summed E-state index contributed by atoms with van der Waals surface area (Å²) in [5.74, 6) is 0.789. The van der Waals surface area contributed by atoms with Crippen LogP contribution in [-0.4, -0.2) is 39.1 Å². The zero-order chi connectivity index (χ0) is 24.8. The number of hydrogen-bond acceptors (Lipinski definition) is 7. The van der Waals surface area contributed by atoms with E-state index in [1.165, 1.54) is 0 Å². The minimum Gasteiger partial charge on any atom is -0.368 e. The van der Waals surface area contributed by atoms with E-state index >= 15 is 0 Å². The molecule has 0 atom stereocenters. The monoisotopic (exact) mass is 474 g/mol. The third-order valence-electron chi connectivity index (χ3n) is 6.25. The molecule has 0 aliphatic carbocycles. The summed E-state index contributed by atoms with van der Waals surface area (Å²) in [7, 11) is 1.93. The minimum absolute atomic E-state index is 0.207. The summed E-state index contributed by atoms with van der Waals surface area (Å²) in [6.45, 7) is 2.69. The summed E-state index contributed by atoms with van der Waals surface area (Å²) >= 11 is 0. The molecule has 0 aliphatic heterocycles. The Bertz CT molecular complexity index is 1800. The molecule has 0 aliphatic rings. The van der Waals surface area contributed by atoms with Gasteiger partial charge in [0, 0.05) is 30.7 Å². The molecule has 6 aromatic rings. The molecule has 6 rings (SSSR count). The normalized spacial score (nSPS) is 11.4. The third kappa shape index (κ3) is 3.37. The lowest BCUT2D eigenvalue weighted by atomic mass is 10.0. The summed E-state index contributed by atoms with van der Waals surface area (Å²) in [4.78, 5) is 9.64. The van der Waals surface area contributed by atoms with Crippen molar-refractivity contribution in [2.75, 3.05) is 5.73 Å². The Morgan fingerprint density at radius 3 is 2.72 bits per heavy atom. The predicted molar refractivity (Wildman–Crippen MR) is 136 cm³/mol. The first-order chi connectivity index (χ1) is 17.6. The lowest BCUT2D eigenvalue weighted by Gasteiger charge is -2.13. The minimum atomic E-state index is 0.207. The Balaban J connectivity index is 1.58. The lowest BCUT2D eigenvalue weighted by Crippen LogP contribution is -2.08. The maximum Gasteiger partial charge on any atom is 0.223 e. The third-order valence-corrected chi connectivity index (χ3v) is 6.25. The number of fused-ring (bicyclic) bond motifs is 2. The number of nitrogens with two attached hydrogens (primary N) is 1. The first-order valence-electron chi connectivity index (χ1n) is 11.6. The molecule has 0 saturated carbocycles. The van der Waals surface area contributed by atoms with Gasteiger partial charge in [0.25, 0.3) is 0 Å². The molecule has 4 aromatic heterocycles. The van der Waals surface area contributed by atoms with Crippen molar-refractivity contribution >= 4 is 22.5 Å². The highest BCUT2D eigenvalue weighted by molar-refractivity contribution is 5.89. The molecular formula is C26H22N10. The summed E-state index contributed by atoms with van der Waals surface area (Å²) in [6, 6.07) is 19.5. The molecular weight excluding hydrogens is 452 g/mol. The molecule has 10 heteroatoms. The molecule has 4 heterocycles. The van der Waals surface area contributed by atoms with Gasteiger partial charge in [-0.2, -0.15) is 20.0 Å². The van der Waals surface area contributed by atoms with Gasteiger partial charge in [-0.3, -0.25) is 9.36 Å². The van der Waals surface area contributed by atoms with Crippen LogP contribution in [0.25, 0.3) is 39.1 Å². The van der Waals surface area contributed by atoms with Gasteiger partial charge in [-0.25, -0.2) is 9.97 Å². The number of para-hydroxylation sites is 1. The summed E-state index contributed by atoms with van der Waals surface area (Å²) in [5.41, 5.74) is 12.4. The Kier molecular flexibility index (Phi) is 4.97. The van der Waals surface area contributed by atoms with Gasteiger partial charge < -0.3 is 5.73 Å². The number of nitrogens with zero attached hydrogens (tertiary/aromatic N) is 9. The Hall–Kier alpha value is -5.04. The number of benzene rings is 2. The van der Waals surface area contributed by atoms with E-state index in [4.69, 9.17) is 25.9 Å². The Labute approximate surface area is 206 Å². The highest BCUT2D eigenvalue weighted by atomic mass is 15.4. The SMILES string of the molecule is CCn1nccc1-c1c(-c2cccc(C#N)c2)nc(N)n2nc(Cc3nn(C)c4ccccc34)nc12. The fourth-order valence-corrected chi connectivity index (χ4v) is 4.62. The number of hydrogen-bond donors (Lipinski definition) is 1. The predicted octanol–water partition coefficient (Wildman–Crippen LogP) is 3.61. The molecule has 2 N–H and O–H groups in total. The van der Waals surface area contributed by atoms with E-state index in [0.717, 1.165) is 33.4 Å². The molecule has 0 radical (unpaired) electrons. The molecule has 0 amide bonds. The van der Waals surface area contributed by atoms with Crippen LogP contribution in [0.4, 0.5) is 5.95 Å². The first kappa shape index (κ1) is 21.5. The Morgan fingerprint density at radius 2 is 1.89 bits per heavy atom. The van der Waals surface area contributed by atoms with Crippen LogP contribution in [0.1, 0.15) is 24.0 Å². The fraction of sp³-hybridized carbons (Fsp3) is 0.154. The maximum atomic E-state index is 9.45. The van der Waals surface area contributed by atoms with Gasteiger partial charge in [-0.1, -0.05) is 30.3 Å². The van der Waals surface area contributed by atoms with E-state index < -0.39 is 0 Å². The molecule has 36 heavy (non-hydrogen) atoms. The van der Waals surface area contributed by atoms with E-state index in [1.807, 2.05) is 59.7 Å². The number of aryl methyl sites for hydroxylation is 2. The second-order valence-corrected chi connectivity index (χ2v) is 8.45. The van der Waals surface area contributed by atoms with Gasteiger partial charge >= 0.3 is 0 Å². The van der Waals surface area contributed by atoms with Crippen molar-refractivity contribution in [1.29, 1.82) is 5.26 Å². The van der Waals surface area contributed by atoms with Crippen LogP contribution in [0.5, 0.6) is 0 Å². The number of rotatable bonds is 5. The van der Waals surface area contributed by atoms with Crippen LogP contribution in [0.2, 0.25) is 0 Å². The number of nitrogen functional groups attached to an aromatic ring is 1. The molecule has 0 spiro atoms. The number of aromatic nitrogens is 8. The average Bonchev–Trinajstić information content (AvgIpc) is 3.62. The van der Waals surface area contributed by atoms with Gasteiger partial charge in [0.2, 0.25) is 5.95 Å². The first-order valence-corrected chi connectivity index (χ1v) is 11.6. The van der Waals surface area contributed by atoms with Crippen LogP contribution < -0.4 is 5.73 Å². The topological polar surface area (TPSA) is 129 Å². The highest BCUT2D eigenvalue weighted by Gasteiger charge is 2.23. The summed E-state index contributed by atoms with van der Waals surface area (Å²) < 4.78 is 5.31. The lowest BCUT2D eigenvalue weighted by molar-refractivity contribution is 0.667. The quantitative estimate of drug-likeness (QED) is 0.404. The second kappa shape index (κ2) is 8.32. The van der Waals surface area contributed by atoms with E-state index in [9.17, 15) is 5.26 Å². The van der Waals surface area contributed by atoms with E-state index in [-0.39, 0.29) is 5.95 Å². The van der Waals surface area contributed by atoms with Crippen LogP contribution in [-0.2, 0) is 20.0 Å². The van der Waals surface area contributed by atoms with Crippen molar-refractivity contribution in [3.63, 3.8) is 0 Å². The smallest absolute Gasteiger partial charge is 0.223 e. The molecule has 2 aromatic carbocycles. The van der Waals surface area contributed by atoms with Crippen molar-refractivity contribution in [3.8, 4) is 28.6 Å². The van der Waals surface area contributed by atoms with Gasteiger partial charge in [0.1, 0.15) is 0 Å². The van der Waals surface area contributed by atoms with Gasteiger partial charge in [0.05, 0.1) is 46.2 Å². The molecule has 0 fully saturated rings. The zero-order valence-corrected chi connectivity index (χ0v) is 19.8. The molecule has 0 unspecified atom stereocenters. The fourth-order valence-electron chi connectivity index (χ4n) is 4.62. The maximum absolute atomic E-state index is 9.45. The van der Waals surface area contributed by atoms with Crippen molar-refractivity contribution in [2.24, 2.45) is 7.05 Å². The van der Waals surface area contributed by atoms with Crippen LogP contribution >= 0.6 is 0 Å². The van der Waals surface area contributed by atoms with Crippen molar-refractivity contribution in [1.82, 2.24) is 39.1 Å². The van der Waals surface area contributed by atoms with Crippen molar-refractivity contribution in [3.05, 3.63) is 77.9 Å². The standard InChI is InChI=1S/C26H22N10/c1-3-35-21(11-12-29-35)23-24(17-8-6-7-16(13-17)15-27)31-26(28)36-25(23)30-22(33-36)14-19-18-9-4-5-10-20(18)34(2)32-19/h4-13H,3,14H2,1-2H3,(H2,28,31). The number of anilines is 1. The Morgan fingerprint density at radius 1 is 1.03 bits per heavy atom. The molecule has 0 saturated heterocycles. The second-order valence-electron chi connectivity index (χ2n) is 8.45. The average molecular weight is 475 g/mol.